The lowest BCUT2D eigenvalue weighted by Gasteiger charge is -2.01. The van der Waals surface area contributed by atoms with Crippen molar-refractivity contribution in [1.82, 2.24) is 4.98 Å². The summed E-state index contributed by atoms with van der Waals surface area (Å²) in [7, 11) is 0. The number of hydrogen-bond donors (Lipinski definition) is 0. The summed E-state index contributed by atoms with van der Waals surface area (Å²) in [5.74, 6) is 0.694. The molecule has 0 N–H and O–H groups in total. The Kier molecular flexibility index (Phi) is 5.03. The number of aryl methyl sites for hydroxylation is 2. The van der Waals surface area contributed by atoms with E-state index in [2.05, 4.69) is 11.9 Å². The first-order valence-corrected chi connectivity index (χ1v) is 7.29. The quantitative estimate of drug-likeness (QED) is 0.658. The molecule has 0 saturated heterocycles. The van der Waals surface area contributed by atoms with Crippen LogP contribution in [0.5, 0.6) is 0 Å². The van der Waals surface area contributed by atoms with Gasteiger partial charge in [0.1, 0.15) is 6.26 Å². The molecule has 0 bridgehead atoms. The molecule has 0 atom stereocenters. The van der Waals surface area contributed by atoms with E-state index >= 15 is 0 Å². The third kappa shape index (κ3) is 3.84. The maximum atomic E-state index is 5.96. The minimum atomic E-state index is 0.694. The zero-order valence-electron chi connectivity index (χ0n) is 11.6. The lowest BCUT2D eigenvalue weighted by Crippen LogP contribution is -1.87. The molecule has 2 aromatic rings. The first-order valence-electron chi connectivity index (χ1n) is 6.91. The van der Waals surface area contributed by atoms with Crippen LogP contribution >= 0.6 is 11.6 Å². The zero-order valence-corrected chi connectivity index (χ0v) is 12.3. The van der Waals surface area contributed by atoms with Crippen LogP contribution in [0.4, 0.5) is 0 Å². The molecule has 102 valence electrons. The van der Waals surface area contributed by atoms with Crippen LogP contribution in [0.15, 0.2) is 28.9 Å². The minimum Gasteiger partial charge on any atom is -0.444 e. The Bertz CT molecular complexity index is 533. The second-order valence-corrected chi connectivity index (χ2v) is 5.35. The number of oxazole rings is 1. The van der Waals surface area contributed by atoms with Gasteiger partial charge in [-0.05, 0) is 43.5 Å². The van der Waals surface area contributed by atoms with Crippen molar-refractivity contribution in [3.05, 3.63) is 40.7 Å². The first-order chi connectivity index (χ1) is 9.20. The predicted octanol–water partition coefficient (Wildman–Crippen LogP) is 5.43. The van der Waals surface area contributed by atoms with Gasteiger partial charge in [-0.15, -0.1) is 0 Å². The summed E-state index contributed by atoms with van der Waals surface area (Å²) in [5.41, 5.74) is 3.15. The van der Waals surface area contributed by atoms with E-state index in [1.807, 2.05) is 25.1 Å². The fraction of sp³-hybridized carbons (Fsp3) is 0.438. The molecule has 3 heteroatoms. The van der Waals surface area contributed by atoms with Crippen molar-refractivity contribution >= 4 is 11.6 Å². The summed E-state index contributed by atoms with van der Waals surface area (Å²) in [6.07, 6.45) is 7.76. The first kappa shape index (κ1) is 14.1. The van der Waals surface area contributed by atoms with Crippen molar-refractivity contribution in [3.63, 3.8) is 0 Å². The molecule has 0 spiro atoms. The van der Waals surface area contributed by atoms with Crippen LogP contribution in [0.3, 0.4) is 0 Å². The van der Waals surface area contributed by atoms with Gasteiger partial charge in [0.15, 0.2) is 0 Å². The molecule has 19 heavy (non-hydrogen) atoms. The van der Waals surface area contributed by atoms with E-state index in [1.54, 1.807) is 6.26 Å². The van der Waals surface area contributed by atoms with Crippen LogP contribution in [0, 0.1) is 6.92 Å². The highest BCUT2D eigenvalue weighted by molar-refractivity contribution is 6.30. The zero-order chi connectivity index (χ0) is 13.7. The molecule has 0 fully saturated rings. The number of benzene rings is 1. The minimum absolute atomic E-state index is 0.694. The molecule has 2 rings (SSSR count). The van der Waals surface area contributed by atoms with Crippen LogP contribution in [0.2, 0.25) is 5.02 Å². The Balaban J connectivity index is 2.04. The maximum Gasteiger partial charge on any atom is 0.226 e. The van der Waals surface area contributed by atoms with Gasteiger partial charge in [0, 0.05) is 10.6 Å². The topological polar surface area (TPSA) is 26.0 Å². The van der Waals surface area contributed by atoms with Gasteiger partial charge in [0.05, 0.1) is 5.69 Å². The van der Waals surface area contributed by atoms with Gasteiger partial charge < -0.3 is 4.42 Å². The fourth-order valence-electron chi connectivity index (χ4n) is 2.15. The van der Waals surface area contributed by atoms with Crippen LogP contribution in [-0.4, -0.2) is 4.98 Å². The molecular weight excluding hydrogens is 258 g/mol. The van der Waals surface area contributed by atoms with Gasteiger partial charge in [-0.25, -0.2) is 4.98 Å². The Morgan fingerprint density at radius 1 is 1.21 bits per heavy atom. The van der Waals surface area contributed by atoms with E-state index in [9.17, 15) is 0 Å². The number of hydrogen-bond acceptors (Lipinski definition) is 2. The Hall–Kier alpha value is -1.28. The van der Waals surface area contributed by atoms with E-state index in [4.69, 9.17) is 16.0 Å². The maximum absolute atomic E-state index is 5.96. The summed E-state index contributed by atoms with van der Waals surface area (Å²) in [4.78, 5) is 4.56. The highest BCUT2D eigenvalue weighted by atomic mass is 35.5. The fourth-order valence-corrected chi connectivity index (χ4v) is 2.37. The average molecular weight is 278 g/mol. The summed E-state index contributed by atoms with van der Waals surface area (Å²) in [6, 6.07) is 5.77. The van der Waals surface area contributed by atoms with E-state index in [0.717, 1.165) is 28.3 Å². The molecule has 0 aliphatic heterocycles. The van der Waals surface area contributed by atoms with Crippen LogP contribution in [0.25, 0.3) is 11.5 Å². The SMILES string of the molecule is CCCCCCc1coc(-c2ccc(Cl)cc2C)n1. The van der Waals surface area contributed by atoms with Crippen molar-refractivity contribution in [2.24, 2.45) is 0 Å². The molecule has 0 amide bonds. The van der Waals surface area contributed by atoms with Gasteiger partial charge in [-0.1, -0.05) is 37.8 Å². The molecule has 0 aliphatic carbocycles. The molecule has 0 radical (unpaired) electrons. The molecule has 1 heterocycles. The molecule has 2 nitrogen and oxygen atoms in total. The Morgan fingerprint density at radius 3 is 2.79 bits per heavy atom. The molecule has 0 unspecified atom stereocenters. The summed E-state index contributed by atoms with van der Waals surface area (Å²) >= 11 is 5.96. The summed E-state index contributed by atoms with van der Waals surface area (Å²) in [5, 5.41) is 0.743. The van der Waals surface area contributed by atoms with Crippen molar-refractivity contribution < 1.29 is 4.42 Å². The Morgan fingerprint density at radius 2 is 2.05 bits per heavy atom. The van der Waals surface area contributed by atoms with E-state index in [0.29, 0.717) is 5.89 Å². The van der Waals surface area contributed by atoms with Crippen LogP contribution in [0.1, 0.15) is 43.9 Å². The average Bonchev–Trinajstić information content (AvgIpc) is 2.83. The van der Waals surface area contributed by atoms with E-state index < -0.39 is 0 Å². The largest absolute Gasteiger partial charge is 0.444 e. The standard InChI is InChI=1S/C16H20ClNO/c1-3-4-5-6-7-14-11-19-16(18-14)15-9-8-13(17)10-12(15)2/h8-11H,3-7H2,1-2H3. The van der Waals surface area contributed by atoms with Gasteiger partial charge in [0.25, 0.3) is 0 Å². The predicted molar refractivity (Wildman–Crippen MR) is 79.5 cm³/mol. The van der Waals surface area contributed by atoms with Gasteiger partial charge in [0.2, 0.25) is 5.89 Å². The lowest BCUT2D eigenvalue weighted by atomic mass is 10.1. The monoisotopic (exact) mass is 277 g/mol. The normalized spacial score (nSPS) is 10.9. The summed E-state index contributed by atoms with van der Waals surface area (Å²) < 4.78 is 5.57. The number of aromatic nitrogens is 1. The highest BCUT2D eigenvalue weighted by Gasteiger charge is 2.09. The summed E-state index contributed by atoms with van der Waals surface area (Å²) in [6.45, 7) is 4.24. The number of rotatable bonds is 6. The third-order valence-corrected chi connectivity index (χ3v) is 3.49. The van der Waals surface area contributed by atoms with Crippen LogP contribution < -0.4 is 0 Å². The molecule has 1 aromatic carbocycles. The number of unbranched alkanes of at least 4 members (excludes halogenated alkanes) is 3. The second kappa shape index (κ2) is 6.76. The lowest BCUT2D eigenvalue weighted by molar-refractivity contribution is 0.570. The third-order valence-electron chi connectivity index (χ3n) is 3.26. The second-order valence-electron chi connectivity index (χ2n) is 4.91. The van der Waals surface area contributed by atoms with E-state index in [-0.39, 0.29) is 0 Å². The van der Waals surface area contributed by atoms with Gasteiger partial charge in [-0.2, -0.15) is 0 Å². The number of halogens is 1. The molecular formula is C16H20ClNO. The van der Waals surface area contributed by atoms with Crippen molar-refractivity contribution in [2.75, 3.05) is 0 Å². The molecule has 0 aliphatic rings. The molecule has 1 aromatic heterocycles. The smallest absolute Gasteiger partial charge is 0.226 e. The van der Waals surface area contributed by atoms with Gasteiger partial charge >= 0.3 is 0 Å². The van der Waals surface area contributed by atoms with Crippen molar-refractivity contribution in [2.45, 2.75) is 46.0 Å². The van der Waals surface area contributed by atoms with Crippen molar-refractivity contribution in [1.29, 1.82) is 0 Å². The van der Waals surface area contributed by atoms with Crippen molar-refractivity contribution in [3.8, 4) is 11.5 Å². The van der Waals surface area contributed by atoms with Crippen LogP contribution in [-0.2, 0) is 6.42 Å². The number of nitrogens with zero attached hydrogens (tertiary/aromatic N) is 1. The highest BCUT2D eigenvalue weighted by Crippen LogP contribution is 2.25. The van der Waals surface area contributed by atoms with Gasteiger partial charge in [-0.3, -0.25) is 0 Å². The molecule has 0 saturated carbocycles. The Labute approximate surface area is 119 Å². The van der Waals surface area contributed by atoms with E-state index in [1.165, 1.54) is 25.7 Å².